The summed E-state index contributed by atoms with van der Waals surface area (Å²) in [4.78, 5) is 12.4. The number of hydrogen-bond donors (Lipinski definition) is 3. The summed E-state index contributed by atoms with van der Waals surface area (Å²) in [5.41, 5.74) is 4.76. The van der Waals surface area contributed by atoms with Crippen molar-refractivity contribution in [1.29, 1.82) is 0 Å². The minimum atomic E-state index is -0.525. The Morgan fingerprint density at radius 2 is 2.28 bits per heavy atom. The molecule has 0 aliphatic heterocycles. The average Bonchev–Trinajstić information content (AvgIpc) is 2.37. The van der Waals surface area contributed by atoms with Gasteiger partial charge in [-0.1, -0.05) is 26.7 Å². The number of aliphatic hydroxyl groups is 1. The molecular formula is C14H28N2O2. The molecule has 1 fully saturated rings. The molecule has 0 saturated heterocycles. The van der Waals surface area contributed by atoms with Crippen molar-refractivity contribution < 1.29 is 9.90 Å². The molecule has 0 spiro atoms. The third-order valence-corrected chi connectivity index (χ3v) is 4.55. The van der Waals surface area contributed by atoms with E-state index in [1.54, 1.807) is 0 Å². The molecule has 106 valence electrons. The predicted octanol–water partition coefficient (Wildman–Crippen LogP) is 1.42. The van der Waals surface area contributed by atoms with Crippen LogP contribution in [-0.4, -0.2) is 29.7 Å². The monoisotopic (exact) mass is 256 g/mol. The van der Waals surface area contributed by atoms with Crippen LogP contribution >= 0.6 is 0 Å². The number of nitrogens with two attached hydrogens (primary N) is 1. The minimum absolute atomic E-state index is 0.0179. The summed E-state index contributed by atoms with van der Waals surface area (Å²) in [5.74, 6) is 0.535. The van der Waals surface area contributed by atoms with Gasteiger partial charge in [0.1, 0.15) is 0 Å². The summed E-state index contributed by atoms with van der Waals surface area (Å²) in [7, 11) is 0. The van der Waals surface area contributed by atoms with E-state index >= 15 is 0 Å². The number of hydrogen-bond acceptors (Lipinski definition) is 3. The Hall–Kier alpha value is -0.610. The number of nitrogens with one attached hydrogen (secondary N) is 1. The fourth-order valence-electron chi connectivity index (χ4n) is 2.75. The fraction of sp³-hybridized carbons (Fsp3) is 0.929. The van der Waals surface area contributed by atoms with Gasteiger partial charge in [0.2, 0.25) is 5.91 Å². The molecule has 0 aromatic rings. The second-order valence-corrected chi connectivity index (χ2v) is 6.21. The molecule has 1 amide bonds. The van der Waals surface area contributed by atoms with Gasteiger partial charge in [0.25, 0.3) is 0 Å². The standard InChI is InChI=1S/C14H28N2O2/c1-4-13(3,9-15)12(18)16-14(10-17)7-5-6-11(2)8-14/h11,17H,4-10,15H2,1-3H3,(H,16,18). The van der Waals surface area contributed by atoms with E-state index in [4.69, 9.17) is 5.73 Å². The van der Waals surface area contributed by atoms with Crippen LogP contribution in [0.3, 0.4) is 0 Å². The second-order valence-electron chi connectivity index (χ2n) is 6.21. The van der Waals surface area contributed by atoms with E-state index in [1.165, 1.54) is 6.42 Å². The Morgan fingerprint density at radius 1 is 1.61 bits per heavy atom. The highest BCUT2D eigenvalue weighted by molar-refractivity contribution is 5.83. The summed E-state index contributed by atoms with van der Waals surface area (Å²) in [6.07, 6.45) is 4.68. The van der Waals surface area contributed by atoms with E-state index < -0.39 is 11.0 Å². The highest BCUT2D eigenvalue weighted by Crippen LogP contribution is 2.33. The van der Waals surface area contributed by atoms with Crippen molar-refractivity contribution in [1.82, 2.24) is 5.32 Å². The molecule has 18 heavy (non-hydrogen) atoms. The Morgan fingerprint density at radius 3 is 2.72 bits per heavy atom. The van der Waals surface area contributed by atoms with Crippen molar-refractivity contribution >= 4 is 5.91 Å². The maximum Gasteiger partial charge on any atom is 0.227 e. The topological polar surface area (TPSA) is 75.4 Å². The lowest BCUT2D eigenvalue weighted by atomic mass is 9.75. The van der Waals surface area contributed by atoms with Gasteiger partial charge >= 0.3 is 0 Å². The normalized spacial score (nSPS) is 31.7. The summed E-state index contributed by atoms with van der Waals surface area (Å²) in [6.45, 7) is 6.40. The van der Waals surface area contributed by atoms with Gasteiger partial charge in [-0.15, -0.1) is 0 Å². The van der Waals surface area contributed by atoms with Gasteiger partial charge in [0, 0.05) is 6.54 Å². The number of carbonyl (C=O) groups is 1. The molecule has 3 atom stereocenters. The smallest absolute Gasteiger partial charge is 0.227 e. The number of carbonyl (C=O) groups excluding carboxylic acids is 1. The van der Waals surface area contributed by atoms with Crippen LogP contribution < -0.4 is 11.1 Å². The summed E-state index contributed by atoms with van der Waals surface area (Å²) >= 11 is 0. The Labute approximate surface area is 110 Å². The zero-order valence-electron chi connectivity index (χ0n) is 12.0. The molecule has 4 nitrogen and oxygen atoms in total. The van der Waals surface area contributed by atoms with Gasteiger partial charge in [0.15, 0.2) is 0 Å². The highest BCUT2D eigenvalue weighted by Gasteiger charge is 2.40. The van der Waals surface area contributed by atoms with Crippen molar-refractivity contribution in [2.45, 2.75) is 58.4 Å². The van der Waals surface area contributed by atoms with E-state index in [0.29, 0.717) is 18.9 Å². The highest BCUT2D eigenvalue weighted by atomic mass is 16.3. The van der Waals surface area contributed by atoms with Crippen LogP contribution in [0, 0.1) is 11.3 Å². The third-order valence-electron chi connectivity index (χ3n) is 4.55. The van der Waals surface area contributed by atoms with E-state index in [1.807, 2.05) is 13.8 Å². The summed E-state index contributed by atoms with van der Waals surface area (Å²) < 4.78 is 0. The van der Waals surface area contributed by atoms with Crippen LogP contribution in [0.1, 0.15) is 52.9 Å². The van der Waals surface area contributed by atoms with Crippen LogP contribution in [0.5, 0.6) is 0 Å². The molecular weight excluding hydrogens is 228 g/mol. The molecule has 0 bridgehead atoms. The number of aliphatic hydroxyl groups excluding tert-OH is 1. The maximum absolute atomic E-state index is 12.4. The van der Waals surface area contributed by atoms with Gasteiger partial charge in [-0.25, -0.2) is 0 Å². The zero-order valence-corrected chi connectivity index (χ0v) is 12.0. The van der Waals surface area contributed by atoms with Crippen LogP contribution in [0.25, 0.3) is 0 Å². The van der Waals surface area contributed by atoms with Gasteiger partial charge in [-0.3, -0.25) is 4.79 Å². The molecule has 1 aliphatic carbocycles. The van der Waals surface area contributed by atoms with Gasteiger partial charge in [-0.2, -0.15) is 0 Å². The number of amides is 1. The van der Waals surface area contributed by atoms with E-state index in [0.717, 1.165) is 19.3 Å². The zero-order chi connectivity index (χ0) is 13.8. The minimum Gasteiger partial charge on any atom is -0.394 e. The first-order valence-corrected chi connectivity index (χ1v) is 7.05. The van der Waals surface area contributed by atoms with Gasteiger partial charge < -0.3 is 16.2 Å². The fourth-order valence-corrected chi connectivity index (χ4v) is 2.75. The molecule has 0 aromatic carbocycles. The molecule has 0 radical (unpaired) electrons. The lowest BCUT2D eigenvalue weighted by Crippen LogP contribution is -2.58. The molecule has 0 aromatic heterocycles. The maximum atomic E-state index is 12.4. The Kier molecular flexibility index (Phi) is 5.17. The number of rotatable bonds is 5. The lowest BCUT2D eigenvalue weighted by Gasteiger charge is -2.41. The van der Waals surface area contributed by atoms with Crippen LogP contribution in [0.4, 0.5) is 0 Å². The Bertz CT molecular complexity index is 290. The molecule has 4 heteroatoms. The Balaban J connectivity index is 2.76. The van der Waals surface area contributed by atoms with Crippen molar-refractivity contribution in [3.8, 4) is 0 Å². The summed E-state index contributed by atoms with van der Waals surface area (Å²) in [5, 5.41) is 12.8. The van der Waals surface area contributed by atoms with Gasteiger partial charge in [-0.05, 0) is 32.1 Å². The predicted molar refractivity (Wildman–Crippen MR) is 73.0 cm³/mol. The first kappa shape index (κ1) is 15.4. The molecule has 1 aliphatic rings. The third kappa shape index (κ3) is 3.23. The van der Waals surface area contributed by atoms with Crippen molar-refractivity contribution in [2.24, 2.45) is 17.1 Å². The summed E-state index contributed by atoms with van der Waals surface area (Å²) in [6, 6.07) is 0. The van der Waals surface area contributed by atoms with E-state index in [2.05, 4.69) is 12.2 Å². The van der Waals surface area contributed by atoms with Gasteiger partial charge in [0.05, 0.1) is 17.6 Å². The molecule has 4 N–H and O–H groups in total. The lowest BCUT2D eigenvalue weighted by molar-refractivity contribution is -0.133. The first-order valence-electron chi connectivity index (χ1n) is 7.05. The SMILES string of the molecule is CCC(C)(CN)C(=O)NC1(CO)CCCC(C)C1. The first-order chi connectivity index (χ1) is 8.41. The van der Waals surface area contributed by atoms with Crippen molar-refractivity contribution in [3.05, 3.63) is 0 Å². The van der Waals surface area contributed by atoms with E-state index in [9.17, 15) is 9.90 Å². The van der Waals surface area contributed by atoms with Crippen LogP contribution in [0.15, 0.2) is 0 Å². The molecule has 3 unspecified atom stereocenters. The quantitative estimate of drug-likeness (QED) is 0.696. The molecule has 1 saturated carbocycles. The largest absolute Gasteiger partial charge is 0.394 e. The second kappa shape index (κ2) is 6.02. The average molecular weight is 256 g/mol. The van der Waals surface area contributed by atoms with E-state index in [-0.39, 0.29) is 12.5 Å². The van der Waals surface area contributed by atoms with Crippen LogP contribution in [0.2, 0.25) is 0 Å². The van der Waals surface area contributed by atoms with Crippen molar-refractivity contribution in [2.75, 3.05) is 13.2 Å². The van der Waals surface area contributed by atoms with Crippen LogP contribution in [-0.2, 0) is 4.79 Å². The molecule has 1 rings (SSSR count). The molecule has 0 heterocycles. The van der Waals surface area contributed by atoms with Crippen molar-refractivity contribution in [3.63, 3.8) is 0 Å².